The highest BCUT2D eigenvalue weighted by Gasteiger charge is 2.27. The highest BCUT2D eigenvalue weighted by molar-refractivity contribution is 5.84. The number of piperazine rings is 1. The third-order valence-electron chi connectivity index (χ3n) is 3.08. The van der Waals surface area contributed by atoms with Gasteiger partial charge >= 0.3 is 0 Å². The molecule has 0 saturated carbocycles. The molecule has 0 aromatic rings. The molecule has 0 spiro atoms. The maximum absolute atomic E-state index is 11.9. The summed E-state index contributed by atoms with van der Waals surface area (Å²) < 4.78 is 0. The Balaban J connectivity index is 2.52. The van der Waals surface area contributed by atoms with E-state index in [9.17, 15) is 9.59 Å². The molecule has 1 saturated heterocycles. The second-order valence-corrected chi connectivity index (χ2v) is 4.00. The molecule has 5 heteroatoms. The Morgan fingerprint density at radius 3 is 2.69 bits per heavy atom. The van der Waals surface area contributed by atoms with Gasteiger partial charge in [0.1, 0.15) is 0 Å². The van der Waals surface area contributed by atoms with E-state index in [2.05, 4.69) is 5.32 Å². The maximum atomic E-state index is 11.9. The lowest BCUT2D eigenvalue weighted by Crippen LogP contribution is -2.56. The first-order valence-corrected chi connectivity index (χ1v) is 5.89. The molecule has 1 N–H and O–H groups in total. The number of nitrogens with zero attached hydrogens (tertiary/aromatic N) is 2. The van der Waals surface area contributed by atoms with Gasteiger partial charge in [0.15, 0.2) is 0 Å². The second kappa shape index (κ2) is 5.84. The Morgan fingerprint density at radius 2 is 2.12 bits per heavy atom. The summed E-state index contributed by atoms with van der Waals surface area (Å²) in [5, 5.41) is 2.79. The van der Waals surface area contributed by atoms with Crippen molar-refractivity contribution in [2.24, 2.45) is 0 Å². The Bertz CT molecular complexity index is 264. The molecule has 0 bridgehead atoms. The van der Waals surface area contributed by atoms with Crippen molar-refractivity contribution in [1.29, 1.82) is 0 Å². The molecular formula is C11H21N3O2. The zero-order valence-corrected chi connectivity index (χ0v) is 10.3. The van der Waals surface area contributed by atoms with Crippen LogP contribution in [0.5, 0.6) is 0 Å². The normalized spacial score (nSPS) is 21.7. The van der Waals surface area contributed by atoms with E-state index in [1.165, 1.54) is 0 Å². The van der Waals surface area contributed by atoms with Crippen LogP contribution in [0.2, 0.25) is 0 Å². The lowest BCUT2D eigenvalue weighted by atomic mass is 10.2. The summed E-state index contributed by atoms with van der Waals surface area (Å²) in [5.41, 5.74) is 0. The molecule has 1 aliphatic rings. The Morgan fingerprint density at radius 1 is 1.50 bits per heavy atom. The van der Waals surface area contributed by atoms with Gasteiger partial charge in [-0.15, -0.1) is 0 Å². The molecule has 92 valence electrons. The number of rotatable bonds is 4. The van der Waals surface area contributed by atoms with Crippen molar-refractivity contribution < 1.29 is 9.59 Å². The van der Waals surface area contributed by atoms with E-state index in [4.69, 9.17) is 0 Å². The van der Waals surface area contributed by atoms with Crippen LogP contribution in [0.25, 0.3) is 0 Å². The van der Waals surface area contributed by atoms with Gasteiger partial charge in [-0.1, -0.05) is 0 Å². The lowest BCUT2D eigenvalue weighted by Gasteiger charge is -2.33. The molecule has 1 heterocycles. The van der Waals surface area contributed by atoms with Gasteiger partial charge in [0.2, 0.25) is 11.8 Å². The number of amides is 2. The van der Waals surface area contributed by atoms with Crippen molar-refractivity contribution in [3.63, 3.8) is 0 Å². The molecule has 16 heavy (non-hydrogen) atoms. The zero-order chi connectivity index (χ0) is 12.1. The predicted molar refractivity (Wildman–Crippen MR) is 62.0 cm³/mol. The minimum atomic E-state index is -0.201. The van der Waals surface area contributed by atoms with Crippen molar-refractivity contribution in [3.8, 4) is 0 Å². The monoisotopic (exact) mass is 227 g/mol. The number of likely N-dealkylation sites (N-methyl/N-ethyl adjacent to an activating group) is 1. The fraction of sp³-hybridized carbons (Fsp3) is 0.818. The van der Waals surface area contributed by atoms with Crippen LogP contribution < -0.4 is 5.32 Å². The van der Waals surface area contributed by atoms with Crippen LogP contribution in [0.15, 0.2) is 0 Å². The summed E-state index contributed by atoms with van der Waals surface area (Å²) in [7, 11) is 0. The fourth-order valence-corrected chi connectivity index (χ4v) is 1.90. The lowest BCUT2D eigenvalue weighted by molar-refractivity contribution is -0.135. The molecule has 0 aliphatic carbocycles. The molecular weight excluding hydrogens is 206 g/mol. The summed E-state index contributed by atoms with van der Waals surface area (Å²) in [6.07, 6.45) is 0. The fourth-order valence-electron chi connectivity index (χ4n) is 1.90. The van der Waals surface area contributed by atoms with E-state index in [-0.39, 0.29) is 17.9 Å². The van der Waals surface area contributed by atoms with Crippen molar-refractivity contribution in [3.05, 3.63) is 0 Å². The first kappa shape index (κ1) is 13.0. The Hall–Kier alpha value is -1.10. The van der Waals surface area contributed by atoms with Crippen LogP contribution in [0.1, 0.15) is 20.8 Å². The Kier molecular flexibility index (Phi) is 4.73. The third kappa shape index (κ3) is 2.95. The molecule has 1 unspecified atom stereocenters. The maximum Gasteiger partial charge on any atom is 0.237 e. The van der Waals surface area contributed by atoms with Crippen molar-refractivity contribution in [2.75, 3.05) is 32.7 Å². The smallest absolute Gasteiger partial charge is 0.237 e. The van der Waals surface area contributed by atoms with E-state index in [0.717, 1.165) is 19.6 Å². The van der Waals surface area contributed by atoms with E-state index in [1.807, 2.05) is 25.7 Å². The molecule has 2 amide bonds. The van der Waals surface area contributed by atoms with Crippen LogP contribution in [0, 0.1) is 0 Å². The summed E-state index contributed by atoms with van der Waals surface area (Å²) in [4.78, 5) is 27.0. The summed E-state index contributed by atoms with van der Waals surface area (Å²) in [5.74, 6) is 0.116. The van der Waals surface area contributed by atoms with Gasteiger partial charge in [0.05, 0.1) is 12.6 Å². The van der Waals surface area contributed by atoms with E-state index >= 15 is 0 Å². The molecule has 1 fully saturated rings. The van der Waals surface area contributed by atoms with Crippen LogP contribution in [0.3, 0.4) is 0 Å². The van der Waals surface area contributed by atoms with Crippen molar-refractivity contribution in [2.45, 2.75) is 26.8 Å². The third-order valence-corrected chi connectivity index (χ3v) is 3.08. The van der Waals surface area contributed by atoms with Gasteiger partial charge in [-0.3, -0.25) is 14.5 Å². The van der Waals surface area contributed by atoms with Crippen LogP contribution >= 0.6 is 0 Å². The molecule has 0 aromatic carbocycles. The summed E-state index contributed by atoms with van der Waals surface area (Å²) in [6.45, 7) is 8.95. The van der Waals surface area contributed by atoms with Crippen LogP contribution in [0.4, 0.5) is 0 Å². The van der Waals surface area contributed by atoms with Gasteiger partial charge in [-0.25, -0.2) is 0 Å². The summed E-state index contributed by atoms with van der Waals surface area (Å²) >= 11 is 0. The second-order valence-electron chi connectivity index (χ2n) is 4.00. The average Bonchev–Trinajstić information content (AvgIpc) is 2.26. The van der Waals surface area contributed by atoms with Crippen molar-refractivity contribution in [1.82, 2.24) is 15.1 Å². The minimum absolute atomic E-state index is 0.0126. The van der Waals surface area contributed by atoms with E-state index < -0.39 is 0 Å². The number of hydrogen-bond donors (Lipinski definition) is 1. The Labute approximate surface area is 96.8 Å². The quantitative estimate of drug-likeness (QED) is 0.716. The highest BCUT2D eigenvalue weighted by atomic mass is 16.2. The SMILES string of the molecule is CCN(CC)C(=O)CN1CCNC(=O)C1C. The number of hydrogen-bond acceptors (Lipinski definition) is 3. The largest absolute Gasteiger partial charge is 0.353 e. The van der Waals surface area contributed by atoms with Gasteiger partial charge in [-0.05, 0) is 20.8 Å². The standard InChI is InChI=1S/C11H21N3O2/c1-4-13(5-2)10(15)8-14-7-6-12-11(16)9(14)3/h9H,4-8H2,1-3H3,(H,12,16). The molecule has 0 radical (unpaired) electrons. The van der Waals surface area contributed by atoms with Gasteiger partial charge in [0, 0.05) is 26.2 Å². The van der Waals surface area contributed by atoms with E-state index in [0.29, 0.717) is 13.1 Å². The summed E-state index contributed by atoms with van der Waals surface area (Å²) in [6, 6.07) is -0.201. The van der Waals surface area contributed by atoms with Crippen molar-refractivity contribution >= 4 is 11.8 Å². The molecule has 0 aromatic heterocycles. The number of carbonyl (C=O) groups is 2. The first-order chi connectivity index (χ1) is 7.60. The predicted octanol–water partition coefficient (Wildman–Crippen LogP) is -0.325. The highest BCUT2D eigenvalue weighted by Crippen LogP contribution is 2.04. The molecule has 5 nitrogen and oxygen atoms in total. The molecule has 1 atom stereocenters. The minimum Gasteiger partial charge on any atom is -0.353 e. The van der Waals surface area contributed by atoms with E-state index in [1.54, 1.807) is 4.90 Å². The number of nitrogens with one attached hydrogen (secondary N) is 1. The van der Waals surface area contributed by atoms with Crippen LogP contribution in [-0.2, 0) is 9.59 Å². The van der Waals surface area contributed by atoms with Crippen LogP contribution in [-0.4, -0.2) is 60.4 Å². The molecule has 1 rings (SSSR count). The average molecular weight is 227 g/mol. The van der Waals surface area contributed by atoms with Gasteiger partial charge < -0.3 is 10.2 Å². The molecule has 1 aliphatic heterocycles. The topological polar surface area (TPSA) is 52.7 Å². The van der Waals surface area contributed by atoms with Gasteiger partial charge in [0.25, 0.3) is 0 Å². The zero-order valence-electron chi connectivity index (χ0n) is 10.3. The number of carbonyl (C=O) groups excluding carboxylic acids is 2. The van der Waals surface area contributed by atoms with Gasteiger partial charge in [-0.2, -0.15) is 0 Å². The first-order valence-electron chi connectivity index (χ1n) is 5.89.